The largest absolute Gasteiger partial charge is 0.305 e. The van der Waals surface area contributed by atoms with E-state index < -0.39 is 6.17 Å². The van der Waals surface area contributed by atoms with Gasteiger partial charge < -0.3 is 5.41 Å². The number of halogens is 1. The highest BCUT2D eigenvalue weighted by Gasteiger charge is 2.09. The lowest BCUT2D eigenvalue weighted by molar-refractivity contribution is 0.344. The molecule has 0 saturated carbocycles. The fourth-order valence-corrected chi connectivity index (χ4v) is 0.748. The lowest BCUT2D eigenvalue weighted by Gasteiger charge is -2.07. The van der Waals surface area contributed by atoms with E-state index in [1.165, 1.54) is 0 Å². The number of hydrogen-bond donors (Lipinski definition) is 1. The van der Waals surface area contributed by atoms with Gasteiger partial charge in [0.2, 0.25) is 0 Å². The van der Waals surface area contributed by atoms with Gasteiger partial charge in [-0.3, -0.25) is 0 Å². The van der Waals surface area contributed by atoms with E-state index in [9.17, 15) is 4.39 Å². The maximum atomic E-state index is 12.2. The van der Waals surface area contributed by atoms with Crippen molar-refractivity contribution in [1.82, 2.24) is 0 Å². The van der Waals surface area contributed by atoms with E-state index in [0.29, 0.717) is 18.6 Å². The minimum absolute atomic E-state index is 0.302. The third kappa shape index (κ3) is 1.15. The molecule has 0 bridgehead atoms. The topological polar surface area (TPSA) is 23.9 Å². The van der Waals surface area contributed by atoms with Crippen molar-refractivity contribution in [2.24, 2.45) is 0 Å². The van der Waals surface area contributed by atoms with Gasteiger partial charge in [0.15, 0.2) is 0 Å². The van der Waals surface area contributed by atoms with Crippen LogP contribution < -0.4 is 0 Å². The Hall–Kier alpha value is -0.660. The highest BCUT2D eigenvalue weighted by atomic mass is 19.1. The van der Waals surface area contributed by atoms with Crippen LogP contribution in [0.15, 0.2) is 12.2 Å². The molecule has 0 saturated heterocycles. The third-order valence-electron chi connectivity index (χ3n) is 1.15. The van der Waals surface area contributed by atoms with E-state index >= 15 is 0 Å². The molecule has 0 fully saturated rings. The number of nitrogens with one attached hydrogen (secondary N) is 1. The summed E-state index contributed by atoms with van der Waals surface area (Å²) in [6, 6.07) is 0. The van der Waals surface area contributed by atoms with Crippen LogP contribution in [0.5, 0.6) is 0 Å². The Kier molecular flexibility index (Phi) is 1.42. The number of hydrogen-bond acceptors (Lipinski definition) is 1. The first-order valence-electron chi connectivity index (χ1n) is 2.67. The van der Waals surface area contributed by atoms with Gasteiger partial charge >= 0.3 is 0 Å². The molecule has 2 heteroatoms. The second-order valence-corrected chi connectivity index (χ2v) is 1.96. The highest BCUT2D eigenvalue weighted by Crippen LogP contribution is 2.10. The van der Waals surface area contributed by atoms with Crippen LogP contribution in [0.3, 0.4) is 0 Å². The molecule has 8 heavy (non-hydrogen) atoms. The lowest BCUT2D eigenvalue weighted by atomic mass is 10.0. The van der Waals surface area contributed by atoms with Crippen LogP contribution in [0.25, 0.3) is 0 Å². The summed E-state index contributed by atoms with van der Waals surface area (Å²) in [5, 5.41) is 6.99. The molecule has 1 aliphatic rings. The molecule has 44 valence electrons. The Bertz CT molecular complexity index is 128. The number of rotatable bonds is 0. The van der Waals surface area contributed by atoms with Crippen LogP contribution in [0.4, 0.5) is 4.39 Å². The Morgan fingerprint density at radius 1 is 1.75 bits per heavy atom. The monoisotopic (exact) mass is 113 g/mol. The minimum atomic E-state index is -0.799. The van der Waals surface area contributed by atoms with Gasteiger partial charge in [0.1, 0.15) is 6.17 Å². The average molecular weight is 113 g/mol. The van der Waals surface area contributed by atoms with Crippen LogP contribution in [0.1, 0.15) is 12.8 Å². The zero-order chi connectivity index (χ0) is 5.98. The predicted molar refractivity (Wildman–Crippen MR) is 31.0 cm³/mol. The summed E-state index contributed by atoms with van der Waals surface area (Å²) in [7, 11) is 0. The van der Waals surface area contributed by atoms with Crippen LogP contribution in [-0.2, 0) is 0 Å². The summed E-state index contributed by atoms with van der Waals surface area (Å²) < 4.78 is 12.2. The molecule has 0 aromatic rings. The van der Waals surface area contributed by atoms with Gasteiger partial charge in [0.25, 0.3) is 0 Å². The van der Waals surface area contributed by atoms with Crippen molar-refractivity contribution >= 4 is 5.71 Å². The van der Waals surface area contributed by atoms with Crippen molar-refractivity contribution in [2.75, 3.05) is 0 Å². The van der Waals surface area contributed by atoms with Gasteiger partial charge in [0.05, 0.1) is 0 Å². The second kappa shape index (κ2) is 2.07. The van der Waals surface area contributed by atoms with Gasteiger partial charge in [-0.05, 0) is 12.5 Å². The first-order valence-corrected chi connectivity index (χ1v) is 2.67. The van der Waals surface area contributed by atoms with Crippen molar-refractivity contribution in [2.45, 2.75) is 19.0 Å². The van der Waals surface area contributed by atoms with Crippen LogP contribution in [-0.4, -0.2) is 11.9 Å². The molecule has 0 spiro atoms. The lowest BCUT2D eigenvalue weighted by Crippen LogP contribution is -2.09. The van der Waals surface area contributed by atoms with Crippen LogP contribution >= 0.6 is 0 Å². The maximum Gasteiger partial charge on any atom is 0.109 e. The molecule has 1 nitrogen and oxygen atoms in total. The first kappa shape index (κ1) is 5.48. The number of alkyl halides is 1. The van der Waals surface area contributed by atoms with Crippen molar-refractivity contribution in [3.05, 3.63) is 12.2 Å². The summed E-state index contributed by atoms with van der Waals surface area (Å²) >= 11 is 0. The van der Waals surface area contributed by atoms with Crippen molar-refractivity contribution in [3.63, 3.8) is 0 Å². The fourth-order valence-electron chi connectivity index (χ4n) is 0.748. The first-order chi connectivity index (χ1) is 3.79. The molecule has 0 amide bonds. The zero-order valence-corrected chi connectivity index (χ0v) is 4.52. The number of allylic oxidation sites excluding steroid dienone is 2. The average Bonchev–Trinajstić information content (AvgIpc) is 1.64. The molecule has 1 N–H and O–H groups in total. The molecule has 0 radical (unpaired) electrons. The van der Waals surface area contributed by atoms with Crippen LogP contribution in [0.2, 0.25) is 0 Å². The van der Waals surface area contributed by atoms with Gasteiger partial charge in [0, 0.05) is 12.1 Å². The van der Waals surface area contributed by atoms with Gasteiger partial charge in [-0.1, -0.05) is 6.08 Å². The Morgan fingerprint density at radius 2 is 2.50 bits per heavy atom. The van der Waals surface area contributed by atoms with E-state index in [1.54, 1.807) is 12.2 Å². The Balaban J connectivity index is 2.54. The predicted octanol–water partition coefficient (Wildman–Crippen LogP) is 1.69. The van der Waals surface area contributed by atoms with Gasteiger partial charge in [-0.2, -0.15) is 0 Å². The molecule has 1 rings (SSSR count). The van der Waals surface area contributed by atoms with Gasteiger partial charge in [-0.15, -0.1) is 0 Å². The molecule has 1 unspecified atom stereocenters. The summed E-state index contributed by atoms with van der Waals surface area (Å²) in [6.07, 6.45) is 3.36. The Labute approximate surface area is 47.7 Å². The minimum Gasteiger partial charge on any atom is -0.305 e. The van der Waals surface area contributed by atoms with Crippen molar-refractivity contribution in [1.29, 1.82) is 5.41 Å². The van der Waals surface area contributed by atoms with E-state index in [2.05, 4.69) is 0 Å². The zero-order valence-electron chi connectivity index (χ0n) is 4.52. The SMILES string of the molecule is N=C1C=CCC(F)C1. The second-order valence-electron chi connectivity index (χ2n) is 1.96. The third-order valence-corrected chi connectivity index (χ3v) is 1.15. The van der Waals surface area contributed by atoms with E-state index in [1.807, 2.05) is 0 Å². The normalized spacial score (nSPS) is 28.6. The van der Waals surface area contributed by atoms with E-state index in [-0.39, 0.29) is 0 Å². The summed E-state index contributed by atoms with van der Waals surface area (Å²) in [6.45, 7) is 0. The highest BCUT2D eigenvalue weighted by molar-refractivity contribution is 5.93. The van der Waals surface area contributed by atoms with Crippen molar-refractivity contribution < 1.29 is 4.39 Å². The summed E-state index contributed by atoms with van der Waals surface area (Å²) in [5.41, 5.74) is 0.406. The molecule has 0 heterocycles. The standard InChI is InChI=1S/C6H8FN/c7-5-2-1-3-6(8)4-5/h1,3,5,8H,2,4H2. The van der Waals surface area contributed by atoms with Crippen LogP contribution in [0, 0.1) is 5.41 Å². The van der Waals surface area contributed by atoms with E-state index in [4.69, 9.17) is 5.41 Å². The quantitative estimate of drug-likeness (QED) is 0.494. The molecular weight excluding hydrogens is 105 g/mol. The molecular formula is C6H8FN. The maximum absolute atomic E-state index is 12.2. The Morgan fingerprint density at radius 3 is 2.88 bits per heavy atom. The van der Waals surface area contributed by atoms with Crippen molar-refractivity contribution in [3.8, 4) is 0 Å². The smallest absolute Gasteiger partial charge is 0.109 e. The summed E-state index contributed by atoms with van der Waals surface area (Å²) in [4.78, 5) is 0. The summed E-state index contributed by atoms with van der Waals surface area (Å²) in [5.74, 6) is 0. The van der Waals surface area contributed by atoms with E-state index in [0.717, 1.165) is 0 Å². The molecule has 0 aliphatic heterocycles. The molecule has 0 aromatic carbocycles. The fraction of sp³-hybridized carbons (Fsp3) is 0.500. The molecule has 0 aromatic heterocycles. The molecule has 1 aliphatic carbocycles. The molecule has 1 atom stereocenters. The van der Waals surface area contributed by atoms with Gasteiger partial charge in [-0.25, -0.2) is 4.39 Å².